The van der Waals surface area contributed by atoms with Crippen LogP contribution in [0.4, 0.5) is 0 Å². The van der Waals surface area contributed by atoms with E-state index >= 15 is 0 Å². The Bertz CT molecular complexity index is 960. The zero-order valence-corrected chi connectivity index (χ0v) is 18.4. The van der Waals surface area contributed by atoms with Crippen molar-refractivity contribution in [2.45, 2.75) is 52.2 Å². The van der Waals surface area contributed by atoms with Crippen LogP contribution < -0.4 is 4.72 Å². The van der Waals surface area contributed by atoms with Gasteiger partial charge >= 0.3 is 5.97 Å². The molecule has 3 rings (SSSR count). The van der Waals surface area contributed by atoms with E-state index in [1.165, 1.54) is 0 Å². The minimum Gasteiger partial charge on any atom is -0.459 e. The summed E-state index contributed by atoms with van der Waals surface area (Å²) in [6.45, 7) is 8.91. The van der Waals surface area contributed by atoms with Crippen LogP contribution in [-0.2, 0) is 19.6 Å². The first kappa shape index (κ1) is 21.5. The molecule has 1 aliphatic rings. The Hall–Kier alpha value is -2.18. The Labute approximate surface area is 173 Å². The van der Waals surface area contributed by atoms with Gasteiger partial charge in [0.2, 0.25) is 10.0 Å². The van der Waals surface area contributed by atoms with Crippen LogP contribution in [0.2, 0.25) is 0 Å². The smallest absolute Gasteiger partial charge is 0.324 e. The Balaban J connectivity index is 1.86. The minimum atomic E-state index is -3.75. The highest BCUT2D eigenvalue weighted by atomic mass is 32.2. The number of carbonyl (C=O) groups is 1. The second kappa shape index (κ2) is 7.92. The number of fused-ring (bicyclic) bond motifs is 3. The van der Waals surface area contributed by atoms with E-state index in [0.717, 1.165) is 22.3 Å². The molecule has 0 fully saturated rings. The lowest BCUT2D eigenvalue weighted by atomic mass is 9.99. The third-order valence-corrected chi connectivity index (χ3v) is 6.37. The molecule has 5 nitrogen and oxygen atoms in total. The zero-order valence-electron chi connectivity index (χ0n) is 17.6. The summed E-state index contributed by atoms with van der Waals surface area (Å²) in [6, 6.07) is 14.8. The summed E-state index contributed by atoms with van der Waals surface area (Å²) < 4.78 is 34.2. The predicted molar refractivity (Wildman–Crippen MR) is 115 cm³/mol. The van der Waals surface area contributed by atoms with Gasteiger partial charge in [0.05, 0.1) is 5.75 Å². The molecule has 0 aliphatic heterocycles. The molecule has 0 heterocycles. The van der Waals surface area contributed by atoms with Crippen LogP contribution in [0.5, 0.6) is 0 Å². The average Bonchev–Trinajstić information content (AvgIpc) is 2.92. The van der Waals surface area contributed by atoms with E-state index in [4.69, 9.17) is 4.74 Å². The Morgan fingerprint density at radius 3 is 1.93 bits per heavy atom. The lowest BCUT2D eigenvalue weighted by molar-refractivity contribution is -0.158. The van der Waals surface area contributed by atoms with E-state index in [9.17, 15) is 13.2 Å². The van der Waals surface area contributed by atoms with Gasteiger partial charge in [-0.05, 0) is 48.9 Å². The van der Waals surface area contributed by atoms with Crippen LogP contribution in [0.1, 0.15) is 51.7 Å². The van der Waals surface area contributed by atoms with Crippen LogP contribution in [0, 0.1) is 5.92 Å². The van der Waals surface area contributed by atoms with Crippen LogP contribution in [0.25, 0.3) is 11.1 Å². The molecule has 2 aromatic carbocycles. The maximum absolute atomic E-state index is 13.1. The molecule has 0 radical (unpaired) electrons. The normalized spacial score (nSPS) is 15.1. The van der Waals surface area contributed by atoms with Gasteiger partial charge < -0.3 is 4.74 Å². The first-order valence-corrected chi connectivity index (χ1v) is 11.5. The molecule has 1 N–H and O–H groups in total. The fourth-order valence-corrected chi connectivity index (χ4v) is 5.37. The van der Waals surface area contributed by atoms with Crippen LogP contribution >= 0.6 is 0 Å². The lowest BCUT2D eigenvalue weighted by Crippen LogP contribution is -2.48. The Kier molecular flexibility index (Phi) is 5.88. The monoisotopic (exact) mass is 415 g/mol. The van der Waals surface area contributed by atoms with Gasteiger partial charge in [0.25, 0.3) is 0 Å². The van der Waals surface area contributed by atoms with Gasteiger partial charge in [-0.2, -0.15) is 0 Å². The minimum absolute atomic E-state index is 0.118. The number of ether oxygens (including phenoxy) is 1. The zero-order chi connectivity index (χ0) is 21.4. The van der Waals surface area contributed by atoms with Gasteiger partial charge in [-0.1, -0.05) is 62.4 Å². The summed E-state index contributed by atoms with van der Waals surface area (Å²) in [7, 11) is -3.75. The maximum Gasteiger partial charge on any atom is 0.324 e. The first-order valence-electron chi connectivity index (χ1n) is 9.89. The van der Waals surface area contributed by atoms with Gasteiger partial charge in [-0.15, -0.1) is 0 Å². The highest BCUT2D eigenvalue weighted by molar-refractivity contribution is 7.89. The number of rotatable bonds is 6. The van der Waals surface area contributed by atoms with Crippen LogP contribution in [-0.4, -0.2) is 31.8 Å². The number of carbonyl (C=O) groups excluding carboxylic acids is 1. The summed E-state index contributed by atoms with van der Waals surface area (Å²) in [5, 5.41) is 0. The van der Waals surface area contributed by atoms with Crippen molar-refractivity contribution in [1.29, 1.82) is 0 Å². The first-order chi connectivity index (χ1) is 13.5. The fourth-order valence-electron chi connectivity index (χ4n) is 3.72. The molecular formula is C23H29NO4S. The molecule has 0 unspecified atom stereocenters. The van der Waals surface area contributed by atoms with Crippen LogP contribution in [0.15, 0.2) is 48.5 Å². The van der Waals surface area contributed by atoms with E-state index in [0.29, 0.717) is 0 Å². The second-order valence-electron chi connectivity index (χ2n) is 8.88. The summed E-state index contributed by atoms with van der Waals surface area (Å²) >= 11 is 0. The van der Waals surface area contributed by atoms with Crippen molar-refractivity contribution in [3.05, 3.63) is 59.7 Å². The average molecular weight is 416 g/mol. The molecule has 0 bridgehead atoms. The molecule has 0 saturated heterocycles. The van der Waals surface area contributed by atoms with Crippen molar-refractivity contribution in [2.24, 2.45) is 5.92 Å². The van der Waals surface area contributed by atoms with E-state index in [1.807, 2.05) is 48.5 Å². The number of sulfonamides is 1. The third-order valence-electron chi connectivity index (χ3n) is 4.98. The van der Waals surface area contributed by atoms with Gasteiger partial charge in [0.1, 0.15) is 11.6 Å². The lowest BCUT2D eigenvalue weighted by Gasteiger charge is -2.27. The Morgan fingerprint density at radius 1 is 1.00 bits per heavy atom. The van der Waals surface area contributed by atoms with Crippen molar-refractivity contribution in [2.75, 3.05) is 5.75 Å². The van der Waals surface area contributed by atoms with Gasteiger partial charge in [-0.25, -0.2) is 13.1 Å². The van der Waals surface area contributed by atoms with Crippen molar-refractivity contribution in [3.63, 3.8) is 0 Å². The van der Waals surface area contributed by atoms with Crippen molar-refractivity contribution >= 4 is 16.0 Å². The molecule has 156 valence electrons. The highest BCUT2D eigenvalue weighted by Gasteiger charge is 2.35. The van der Waals surface area contributed by atoms with E-state index in [1.54, 1.807) is 34.6 Å². The third kappa shape index (κ3) is 4.87. The molecule has 1 aliphatic carbocycles. The second-order valence-corrected chi connectivity index (χ2v) is 10.7. The number of benzene rings is 2. The van der Waals surface area contributed by atoms with Crippen molar-refractivity contribution in [1.82, 2.24) is 4.72 Å². The molecule has 0 spiro atoms. The van der Waals surface area contributed by atoms with Crippen LogP contribution in [0.3, 0.4) is 0 Å². The predicted octanol–water partition coefficient (Wildman–Crippen LogP) is 4.08. The SMILES string of the molecule is CC(C)[C@H](NS(=O)(=O)CC1c2ccccc2-c2ccccc21)C(=O)OC(C)(C)C. The summed E-state index contributed by atoms with van der Waals surface area (Å²) in [6.07, 6.45) is 0. The van der Waals surface area contributed by atoms with Crippen molar-refractivity contribution < 1.29 is 17.9 Å². The quantitative estimate of drug-likeness (QED) is 0.722. The van der Waals surface area contributed by atoms with E-state index in [-0.39, 0.29) is 17.6 Å². The molecule has 0 aromatic heterocycles. The summed E-state index contributed by atoms with van der Waals surface area (Å²) in [4.78, 5) is 12.6. The largest absolute Gasteiger partial charge is 0.459 e. The Morgan fingerprint density at radius 2 is 1.48 bits per heavy atom. The molecule has 0 saturated carbocycles. The molecule has 2 aromatic rings. The summed E-state index contributed by atoms with van der Waals surface area (Å²) in [5.41, 5.74) is 3.44. The molecular weight excluding hydrogens is 386 g/mol. The topological polar surface area (TPSA) is 72.5 Å². The standard InChI is InChI=1S/C23H29NO4S/c1-15(2)21(22(25)28-23(3,4)5)24-29(26,27)14-20-18-12-8-6-10-16(18)17-11-7-9-13-19(17)20/h6-13,15,20-21,24H,14H2,1-5H3/t21-/m0/s1. The van der Waals surface area contributed by atoms with E-state index in [2.05, 4.69) is 4.72 Å². The molecule has 0 amide bonds. The number of nitrogens with one attached hydrogen (secondary N) is 1. The highest BCUT2D eigenvalue weighted by Crippen LogP contribution is 2.44. The maximum atomic E-state index is 13.1. The fraction of sp³-hybridized carbons (Fsp3) is 0.435. The molecule has 29 heavy (non-hydrogen) atoms. The molecule has 1 atom stereocenters. The number of esters is 1. The number of hydrogen-bond acceptors (Lipinski definition) is 4. The van der Waals surface area contributed by atoms with Gasteiger partial charge in [0.15, 0.2) is 0 Å². The number of hydrogen-bond donors (Lipinski definition) is 1. The van der Waals surface area contributed by atoms with Gasteiger partial charge in [0, 0.05) is 5.92 Å². The summed E-state index contributed by atoms with van der Waals surface area (Å²) in [5.74, 6) is -1.18. The van der Waals surface area contributed by atoms with Gasteiger partial charge in [-0.3, -0.25) is 4.79 Å². The molecule has 6 heteroatoms. The van der Waals surface area contributed by atoms with E-state index < -0.39 is 27.6 Å². The van der Waals surface area contributed by atoms with Crippen molar-refractivity contribution in [3.8, 4) is 11.1 Å².